The quantitative estimate of drug-likeness (QED) is 0.877. The Bertz CT molecular complexity index is 563. The van der Waals surface area contributed by atoms with Gasteiger partial charge in [-0.3, -0.25) is 4.68 Å². The zero-order valence-corrected chi connectivity index (χ0v) is 13.1. The molecule has 20 heavy (non-hydrogen) atoms. The van der Waals surface area contributed by atoms with Crippen molar-refractivity contribution in [2.24, 2.45) is 0 Å². The van der Waals surface area contributed by atoms with Crippen LogP contribution in [0.4, 0.5) is 0 Å². The van der Waals surface area contributed by atoms with Crippen LogP contribution in [0.15, 0.2) is 30.3 Å². The van der Waals surface area contributed by atoms with Crippen LogP contribution in [0.5, 0.6) is 0 Å². The number of hydrogen-bond acceptors (Lipinski definition) is 2. The van der Waals surface area contributed by atoms with Crippen molar-refractivity contribution < 1.29 is 0 Å². The van der Waals surface area contributed by atoms with Crippen LogP contribution < -0.4 is 5.32 Å². The summed E-state index contributed by atoms with van der Waals surface area (Å²) in [7, 11) is 0. The van der Waals surface area contributed by atoms with Crippen LogP contribution in [-0.4, -0.2) is 16.3 Å². The standard InChI is InChI=1S/C16H22ClN3/c1-4-12-11-15(20(6-3)19-12)16(18-5-2)13-9-7-8-10-14(13)17/h7-11,16,18H,4-6H2,1-3H3. The summed E-state index contributed by atoms with van der Waals surface area (Å²) < 4.78 is 2.06. The fraction of sp³-hybridized carbons (Fsp3) is 0.438. The largest absolute Gasteiger partial charge is 0.305 e. The number of hydrogen-bond donors (Lipinski definition) is 1. The number of rotatable bonds is 6. The van der Waals surface area contributed by atoms with Crippen molar-refractivity contribution in [3.63, 3.8) is 0 Å². The van der Waals surface area contributed by atoms with Crippen molar-refractivity contribution in [1.82, 2.24) is 15.1 Å². The highest BCUT2D eigenvalue weighted by atomic mass is 35.5. The predicted molar refractivity (Wildman–Crippen MR) is 84.3 cm³/mol. The summed E-state index contributed by atoms with van der Waals surface area (Å²) in [6.45, 7) is 8.10. The molecule has 3 nitrogen and oxygen atoms in total. The SMILES string of the molecule is CCNC(c1ccccc1Cl)c1cc(CC)nn1CC. The van der Waals surface area contributed by atoms with Crippen molar-refractivity contribution in [3.8, 4) is 0 Å². The number of benzene rings is 1. The van der Waals surface area contributed by atoms with Gasteiger partial charge in [-0.1, -0.05) is 43.6 Å². The molecule has 0 radical (unpaired) electrons. The van der Waals surface area contributed by atoms with E-state index >= 15 is 0 Å². The maximum atomic E-state index is 6.37. The molecule has 1 N–H and O–H groups in total. The van der Waals surface area contributed by atoms with Gasteiger partial charge in [-0.25, -0.2) is 0 Å². The van der Waals surface area contributed by atoms with Gasteiger partial charge in [-0.05, 0) is 37.6 Å². The van der Waals surface area contributed by atoms with E-state index in [4.69, 9.17) is 11.6 Å². The molecule has 108 valence electrons. The Kier molecular flexibility index (Phi) is 5.21. The minimum Gasteiger partial charge on any atom is -0.305 e. The van der Waals surface area contributed by atoms with Crippen molar-refractivity contribution in [2.75, 3.05) is 6.54 Å². The highest BCUT2D eigenvalue weighted by molar-refractivity contribution is 6.31. The number of nitrogens with zero attached hydrogens (tertiary/aromatic N) is 2. The Morgan fingerprint density at radius 3 is 2.60 bits per heavy atom. The molecule has 0 saturated carbocycles. The maximum Gasteiger partial charge on any atom is 0.0762 e. The Morgan fingerprint density at radius 2 is 2.00 bits per heavy atom. The van der Waals surface area contributed by atoms with Gasteiger partial charge in [0, 0.05) is 11.6 Å². The second-order valence-electron chi connectivity index (χ2n) is 4.74. The van der Waals surface area contributed by atoms with Gasteiger partial charge < -0.3 is 5.32 Å². The monoisotopic (exact) mass is 291 g/mol. The molecule has 0 bridgehead atoms. The maximum absolute atomic E-state index is 6.37. The summed E-state index contributed by atoms with van der Waals surface area (Å²) in [5, 5.41) is 8.95. The first-order valence-corrected chi connectivity index (χ1v) is 7.63. The molecule has 1 aromatic heterocycles. The van der Waals surface area contributed by atoms with E-state index in [1.807, 2.05) is 18.2 Å². The lowest BCUT2D eigenvalue weighted by molar-refractivity contribution is 0.540. The Hall–Kier alpha value is -1.32. The van der Waals surface area contributed by atoms with E-state index in [1.54, 1.807) is 0 Å². The van der Waals surface area contributed by atoms with Gasteiger partial charge in [0.25, 0.3) is 0 Å². The molecule has 1 heterocycles. The first-order valence-electron chi connectivity index (χ1n) is 7.25. The Labute approximate surface area is 126 Å². The minimum atomic E-state index is 0.0847. The van der Waals surface area contributed by atoms with Gasteiger partial charge in [-0.15, -0.1) is 0 Å². The molecular formula is C16H22ClN3. The van der Waals surface area contributed by atoms with E-state index in [9.17, 15) is 0 Å². The van der Waals surface area contributed by atoms with Crippen molar-refractivity contribution in [1.29, 1.82) is 0 Å². The van der Waals surface area contributed by atoms with Gasteiger partial charge in [0.1, 0.15) is 0 Å². The smallest absolute Gasteiger partial charge is 0.0762 e. The summed E-state index contributed by atoms with van der Waals surface area (Å²) in [6, 6.07) is 10.3. The van der Waals surface area contributed by atoms with Crippen molar-refractivity contribution in [2.45, 2.75) is 39.8 Å². The molecule has 0 aliphatic carbocycles. The second-order valence-corrected chi connectivity index (χ2v) is 5.15. The lowest BCUT2D eigenvalue weighted by Gasteiger charge is -2.20. The number of aromatic nitrogens is 2. The van der Waals surface area contributed by atoms with Gasteiger partial charge in [-0.2, -0.15) is 5.10 Å². The number of halogens is 1. The van der Waals surface area contributed by atoms with E-state index < -0.39 is 0 Å². The van der Waals surface area contributed by atoms with Crippen LogP contribution in [0.1, 0.15) is 43.8 Å². The zero-order chi connectivity index (χ0) is 14.5. The fourth-order valence-corrected chi connectivity index (χ4v) is 2.68. The normalized spacial score (nSPS) is 12.6. The molecule has 4 heteroatoms. The van der Waals surface area contributed by atoms with E-state index in [1.165, 1.54) is 5.69 Å². The number of aryl methyl sites for hydroxylation is 2. The zero-order valence-electron chi connectivity index (χ0n) is 12.4. The van der Waals surface area contributed by atoms with Gasteiger partial charge in [0.15, 0.2) is 0 Å². The van der Waals surface area contributed by atoms with Gasteiger partial charge >= 0.3 is 0 Å². The van der Waals surface area contributed by atoms with E-state index in [0.29, 0.717) is 0 Å². The summed E-state index contributed by atoms with van der Waals surface area (Å²) >= 11 is 6.37. The van der Waals surface area contributed by atoms with Crippen LogP contribution in [0, 0.1) is 0 Å². The molecule has 1 atom stereocenters. The van der Waals surface area contributed by atoms with Crippen LogP contribution in [0.3, 0.4) is 0 Å². The third-order valence-corrected chi connectivity index (χ3v) is 3.79. The Balaban J connectivity index is 2.48. The molecular weight excluding hydrogens is 270 g/mol. The molecule has 2 rings (SSSR count). The highest BCUT2D eigenvalue weighted by Gasteiger charge is 2.20. The molecule has 0 aliphatic heterocycles. The topological polar surface area (TPSA) is 29.9 Å². The average molecular weight is 292 g/mol. The third kappa shape index (κ3) is 3.05. The highest BCUT2D eigenvalue weighted by Crippen LogP contribution is 2.28. The fourth-order valence-electron chi connectivity index (χ4n) is 2.43. The summed E-state index contributed by atoms with van der Waals surface area (Å²) in [4.78, 5) is 0. The molecule has 0 aliphatic rings. The first kappa shape index (κ1) is 15.1. The summed E-state index contributed by atoms with van der Waals surface area (Å²) in [6.07, 6.45) is 0.946. The lowest BCUT2D eigenvalue weighted by Crippen LogP contribution is -2.25. The van der Waals surface area contributed by atoms with E-state index in [-0.39, 0.29) is 6.04 Å². The van der Waals surface area contributed by atoms with Crippen LogP contribution in [-0.2, 0) is 13.0 Å². The van der Waals surface area contributed by atoms with Crippen LogP contribution in [0.25, 0.3) is 0 Å². The minimum absolute atomic E-state index is 0.0847. The number of nitrogens with one attached hydrogen (secondary N) is 1. The molecule has 0 amide bonds. The van der Waals surface area contributed by atoms with Crippen molar-refractivity contribution in [3.05, 3.63) is 52.3 Å². The van der Waals surface area contributed by atoms with E-state index in [0.717, 1.165) is 35.8 Å². The lowest BCUT2D eigenvalue weighted by atomic mass is 10.0. The third-order valence-electron chi connectivity index (χ3n) is 3.44. The second kappa shape index (κ2) is 6.91. The first-order chi connectivity index (χ1) is 9.71. The van der Waals surface area contributed by atoms with Crippen LogP contribution in [0.2, 0.25) is 5.02 Å². The summed E-state index contributed by atoms with van der Waals surface area (Å²) in [5.74, 6) is 0. The average Bonchev–Trinajstić information content (AvgIpc) is 2.89. The van der Waals surface area contributed by atoms with Crippen molar-refractivity contribution >= 4 is 11.6 Å². The molecule has 0 saturated heterocycles. The van der Waals surface area contributed by atoms with Gasteiger partial charge in [0.05, 0.1) is 17.4 Å². The van der Waals surface area contributed by atoms with Gasteiger partial charge in [0.2, 0.25) is 0 Å². The Morgan fingerprint density at radius 1 is 1.25 bits per heavy atom. The molecule has 2 aromatic rings. The van der Waals surface area contributed by atoms with Crippen LogP contribution >= 0.6 is 11.6 Å². The molecule has 1 unspecified atom stereocenters. The summed E-state index contributed by atoms with van der Waals surface area (Å²) in [5.41, 5.74) is 3.41. The predicted octanol–water partition coefficient (Wildman–Crippen LogP) is 3.82. The molecule has 0 fully saturated rings. The van der Waals surface area contributed by atoms with E-state index in [2.05, 4.69) is 48.0 Å². The molecule has 1 aromatic carbocycles. The molecule has 0 spiro atoms.